The van der Waals surface area contributed by atoms with Crippen LogP contribution in [0.25, 0.3) is 0 Å². The Morgan fingerprint density at radius 2 is 1.72 bits per heavy atom. The van der Waals surface area contributed by atoms with Gasteiger partial charge >= 0.3 is 5.97 Å². The van der Waals surface area contributed by atoms with Crippen LogP contribution in [0.2, 0.25) is 0 Å². The quantitative estimate of drug-likeness (QED) is 0.611. The van der Waals surface area contributed by atoms with Gasteiger partial charge in [-0.2, -0.15) is 0 Å². The van der Waals surface area contributed by atoms with Crippen molar-refractivity contribution < 1.29 is 9.53 Å². The van der Waals surface area contributed by atoms with Gasteiger partial charge in [0.15, 0.2) is 0 Å². The maximum Gasteiger partial charge on any atom is 0.343 e. The van der Waals surface area contributed by atoms with Gasteiger partial charge in [0.05, 0.1) is 5.56 Å². The van der Waals surface area contributed by atoms with Gasteiger partial charge in [-0.1, -0.05) is 24.3 Å². The van der Waals surface area contributed by atoms with Crippen LogP contribution in [-0.4, -0.2) is 20.1 Å². The summed E-state index contributed by atoms with van der Waals surface area (Å²) in [5.41, 5.74) is 1.54. The van der Waals surface area contributed by atoms with Crippen LogP contribution in [0.4, 0.5) is 5.69 Å². The molecule has 0 saturated heterocycles. The summed E-state index contributed by atoms with van der Waals surface area (Å²) in [6.45, 7) is 0. The zero-order valence-corrected chi connectivity index (χ0v) is 10.5. The van der Waals surface area contributed by atoms with E-state index in [4.69, 9.17) is 4.74 Å². The average Bonchev–Trinajstić information content (AvgIpc) is 2.40. The van der Waals surface area contributed by atoms with Gasteiger partial charge < -0.3 is 9.64 Å². The van der Waals surface area contributed by atoms with E-state index in [1.807, 2.05) is 55.4 Å². The van der Waals surface area contributed by atoms with E-state index in [0.717, 1.165) is 5.69 Å². The number of esters is 1. The van der Waals surface area contributed by atoms with Gasteiger partial charge in [-0.05, 0) is 24.3 Å². The zero-order valence-electron chi connectivity index (χ0n) is 10.5. The van der Waals surface area contributed by atoms with Crippen LogP contribution in [-0.2, 0) is 0 Å². The molecule has 0 N–H and O–H groups in total. The average molecular weight is 241 g/mol. The summed E-state index contributed by atoms with van der Waals surface area (Å²) in [5, 5.41) is 0. The molecule has 2 aromatic carbocycles. The minimum absolute atomic E-state index is 0.341. The van der Waals surface area contributed by atoms with E-state index in [1.165, 1.54) is 0 Å². The standard InChI is InChI=1S/C15H15NO2/c1-16(2)13-9-6-10-14(11-13)18-15(17)12-7-4-3-5-8-12/h3-11H,1-2H3. The summed E-state index contributed by atoms with van der Waals surface area (Å²) < 4.78 is 5.33. The van der Waals surface area contributed by atoms with Crippen molar-refractivity contribution in [2.24, 2.45) is 0 Å². The fraction of sp³-hybridized carbons (Fsp3) is 0.133. The molecule has 0 unspecified atom stereocenters. The number of benzene rings is 2. The number of rotatable bonds is 3. The Kier molecular flexibility index (Phi) is 3.63. The van der Waals surface area contributed by atoms with Gasteiger partial charge in [-0.15, -0.1) is 0 Å². The van der Waals surface area contributed by atoms with Crippen LogP contribution < -0.4 is 9.64 Å². The molecule has 0 radical (unpaired) electrons. The van der Waals surface area contributed by atoms with Crippen molar-refractivity contribution in [1.29, 1.82) is 0 Å². The number of ether oxygens (including phenoxy) is 1. The molecule has 18 heavy (non-hydrogen) atoms. The zero-order chi connectivity index (χ0) is 13.0. The third kappa shape index (κ3) is 2.88. The molecule has 0 atom stereocenters. The van der Waals surface area contributed by atoms with Crippen molar-refractivity contribution in [3.05, 3.63) is 60.2 Å². The third-order valence-electron chi connectivity index (χ3n) is 2.55. The lowest BCUT2D eigenvalue weighted by Crippen LogP contribution is -2.10. The number of hydrogen-bond donors (Lipinski definition) is 0. The second-order valence-corrected chi connectivity index (χ2v) is 4.15. The molecule has 3 nitrogen and oxygen atoms in total. The van der Waals surface area contributed by atoms with Crippen molar-refractivity contribution in [1.82, 2.24) is 0 Å². The number of anilines is 1. The van der Waals surface area contributed by atoms with Gasteiger partial charge in [-0.25, -0.2) is 4.79 Å². The molecule has 0 bridgehead atoms. The normalized spacial score (nSPS) is 9.89. The Balaban J connectivity index is 2.15. The van der Waals surface area contributed by atoms with Crippen LogP contribution in [0.15, 0.2) is 54.6 Å². The largest absolute Gasteiger partial charge is 0.423 e. The van der Waals surface area contributed by atoms with Crippen molar-refractivity contribution in [2.75, 3.05) is 19.0 Å². The summed E-state index contributed by atoms with van der Waals surface area (Å²) in [6, 6.07) is 16.4. The maximum atomic E-state index is 11.9. The molecular formula is C15H15NO2. The Bertz CT molecular complexity index is 535. The summed E-state index contributed by atoms with van der Waals surface area (Å²) in [6.07, 6.45) is 0. The Morgan fingerprint density at radius 3 is 2.39 bits per heavy atom. The first-order valence-electron chi connectivity index (χ1n) is 5.71. The highest BCUT2D eigenvalue weighted by Gasteiger charge is 2.08. The topological polar surface area (TPSA) is 29.5 Å². The second kappa shape index (κ2) is 5.36. The molecule has 0 aromatic heterocycles. The molecule has 0 aliphatic heterocycles. The minimum Gasteiger partial charge on any atom is -0.423 e. The highest BCUT2D eigenvalue weighted by atomic mass is 16.5. The van der Waals surface area contributed by atoms with Gasteiger partial charge in [0, 0.05) is 25.8 Å². The first-order chi connectivity index (χ1) is 8.66. The molecule has 0 amide bonds. The summed E-state index contributed by atoms with van der Waals surface area (Å²) >= 11 is 0. The minimum atomic E-state index is -0.341. The predicted octanol–water partition coefficient (Wildman–Crippen LogP) is 2.97. The molecule has 2 rings (SSSR count). The van der Waals surface area contributed by atoms with E-state index in [1.54, 1.807) is 18.2 Å². The van der Waals surface area contributed by atoms with Crippen molar-refractivity contribution in [2.45, 2.75) is 0 Å². The van der Waals surface area contributed by atoms with Crippen LogP contribution >= 0.6 is 0 Å². The smallest absolute Gasteiger partial charge is 0.343 e. The molecule has 0 aliphatic rings. The Hall–Kier alpha value is -2.29. The van der Waals surface area contributed by atoms with Gasteiger partial charge in [-0.3, -0.25) is 0 Å². The third-order valence-corrected chi connectivity index (χ3v) is 2.55. The number of nitrogens with zero attached hydrogens (tertiary/aromatic N) is 1. The molecular weight excluding hydrogens is 226 g/mol. The van der Waals surface area contributed by atoms with Gasteiger partial charge in [0.25, 0.3) is 0 Å². The second-order valence-electron chi connectivity index (χ2n) is 4.15. The molecule has 3 heteroatoms. The number of hydrogen-bond acceptors (Lipinski definition) is 3. The monoisotopic (exact) mass is 241 g/mol. The fourth-order valence-corrected chi connectivity index (χ4v) is 1.57. The first kappa shape index (κ1) is 12.2. The van der Waals surface area contributed by atoms with Gasteiger partial charge in [0.2, 0.25) is 0 Å². The summed E-state index contributed by atoms with van der Waals surface area (Å²) in [5.74, 6) is 0.210. The van der Waals surface area contributed by atoms with E-state index in [9.17, 15) is 4.79 Å². The molecule has 0 heterocycles. The summed E-state index contributed by atoms with van der Waals surface area (Å²) in [4.78, 5) is 13.8. The van der Waals surface area contributed by atoms with E-state index in [-0.39, 0.29) is 5.97 Å². The predicted molar refractivity (Wildman–Crippen MR) is 72.2 cm³/mol. The maximum absolute atomic E-state index is 11.9. The molecule has 2 aromatic rings. The number of carbonyl (C=O) groups excluding carboxylic acids is 1. The molecule has 92 valence electrons. The molecule has 0 saturated carbocycles. The van der Waals surface area contributed by atoms with Gasteiger partial charge in [0.1, 0.15) is 5.75 Å². The summed E-state index contributed by atoms with van der Waals surface area (Å²) in [7, 11) is 3.89. The Labute approximate surface area is 107 Å². The van der Waals surface area contributed by atoms with E-state index >= 15 is 0 Å². The SMILES string of the molecule is CN(C)c1cccc(OC(=O)c2ccccc2)c1. The van der Waals surface area contributed by atoms with Crippen LogP contribution in [0.1, 0.15) is 10.4 Å². The highest BCUT2D eigenvalue weighted by molar-refractivity contribution is 5.91. The lowest BCUT2D eigenvalue weighted by molar-refractivity contribution is 0.0735. The van der Waals surface area contributed by atoms with Crippen molar-refractivity contribution in [3.63, 3.8) is 0 Å². The van der Waals surface area contributed by atoms with Crippen molar-refractivity contribution >= 4 is 11.7 Å². The molecule has 0 aliphatic carbocycles. The first-order valence-corrected chi connectivity index (χ1v) is 5.71. The number of carbonyl (C=O) groups is 1. The van der Waals surface area contributed by atoms with Crippen LogP contribution in [0.5, 0.6) is 5.75 Å². The van der Waals surface area contributed by atoms with E-state index < -0.39 is 0 Å². The fourth-order valence-electron chi connectivity index (χ4n) is 1.57. The van der Waals surface area contributed by atoms with Crippen LogP contribution in [0.3, 0.4) is 0 Å². The lowest BCUT2D eigenvalue weighted by Gasteiger charge is -2.13. The lowest BCUT2D eigenvalue weighted by atomic mass is 10.2. The highest BCUT2D eigenvalue weighted by Crippen LogP contribution is 2.20. The van der Waals surface area contributed by atoms with Crippen molar-refractivity contribution in [3.8, 4) is 5.75 Å². The molecule has 0 spiro atoms. The van der Waals surface area contributed by atoms with E-state index in [2.05, 4.69) is 0 Å². The van der Waals surface area contributed by atoms with Crippen LogP contribution in [0, 0.1) is 0 Å². The Morgan fingerprint density at radius 1 is 1.00 bits per heavy atom. The molecule has 0 fully saturated rings. The van der Waals surface area contributed by atoms with E-state index in [0.29, 0.717) is 11.3 Å².